The summed E-state index contributed by atoms with van der Waals surface area (Å²) in [5.41, 5.74) is 1.70. The topological polar surface area (TPSA) is 111 Å². The largest absolute Gasteiger partial charge is 0.455 e. The molecular weight excluding hydrogens is 420 g/mol. The Morgan fingerprint density at radius 2 is 1.90 bits per heavy atom. The second kappa shape index (κ2) is 9.61. The van der Waals surface area contributed by atoms with Crippen molar-refractivity contribution in [1.82, 2.24) is 13.9 Å². The number of amides is 1. The molecule has 10 heteroatoms. The number of anilines is 1. The predicted octanol–water partition coefficient (Wildman–Crippen LogP) is 1.87. The van der Waals surface area contributed by atoms with E-state index in [0.717, 1.165) is 12.0 Å². The lowest BCUT2D eigenvalue weighted by molar-refractivity contribution is -0.152. The SMILES string of the molecule is CCc1ccccc1NC(=O)COC(=O)C1CCN(S(=O)(=O)c2cn(C)c(C)n2)CC1. The van der Waals surface area contributed by atoms with Crippen LogP contribution < -0.4 is 5.32 Å². The summed E-state index contributed by atoms with van der Waals surface area (Å²) in [6.07, 6.45) is 2.93. The lowest BCUT2D eigenvalue weighted by atomic mass is 9.98. The average molecular weight is 449 g/mol. The molecule has 31 heavy (non-hydrogen) atoms. The van der Waals surface area contributed by atoms with Crippen LogP contribution in [-0.4, -0.2) is 53.8 Å². The number of para-hydroxylation sites is 1. The molecule has 1 aromatic heterocycles. The maximum atomic E-state index is 12.8. The number of sulfonamides is 1. The Morgan fingerprint density at radius 3 is 2.52 bits per heavy atom. The second-order valence-corrected chi connectivity index (χ2v) is 9.47. The van der Waals surface area contributed by atoms with E-state index < -0.39 is 27.8 Å². The van der Waals surface area contributed by atoms with Gasteiger partial charge in [0.2, 0.25) is 0 Å². The number of nitrogens with zero attached hydrogens (tertiary/aromatic N) is 3. The first-order valence-electron chi connectivity index (χ1n) is 10.3. The van der Waals surface area contributed by atoms with E-state index in [0.29, 0.717) is 24.4 Å². The molecule has 9 nitrogen and oxygen atoms in total. The molecule has 1 aliphatic heterocycles. The smallest absolute Gasteiger partial charge is 0.309 e. The van der Waals surface area contributed by atoms with Crippen LogP contribution in [0.15, 0.2) is 35.5 Å². The van der Waals surface area contributed by atoms with Crippen molar-refractivity contribution in [2.24, 2.45) is 13.0 Å². The molecule has 0 bridgehead atoms. The Morgan fingerprint density at radius 1 is 1.23 bits per heavy atom. The van der Waals surface area contributed by atoms with Gasteiger partial charge in [0, 0.05) is 32.0 Å². The fraction of sp³-hybridized carbons (Fsp3) is 0.476. The normalized spacial score (nSPS) is 15.6. The molecule has 0 aliphatic carbocycles. The molecule has 1 amide bonds. The highest BCUT2D eigenvalue weighted by molar-refractivity contribution is 7.89. The zero-order chi connectivity index (χ0) is 22.6. The first-order chi connectivity index (χ1) is 14.7. The zero-order valence-corrected chi connectivity index (χ0v) is 18.8. The van der Waals surface area contributed by atoms with Gasteiger partial charge in [-0.15, -0.1) is 0 Å². The number of nitrogens with one attached hydrogen (secondary N) is 1. The summed E-state index contributed by atoms with van der Waals surface area (Å²) in [5.74, 6) is -0.714. The van der Waals surface area contributed by atoms with Crippen molar-refractivity contribution in [1.29, 1.82) is 0 Å². The number of esters is 1. The molecule has 1 N–H and O–H groups in total. The van der Waals surface area contributed by atoms with Crippen molar-refractivity contribution in [2.45, 2.75) is 38.1 Å². The number of carbonyl (C=O) groups is 2. The summed E-state index contributed by atoms with van der Waals surface area (Å²) >= 11 is 0. The Bertz CT molecular complexity index is 1040. The van der Waals surface area contributed by atoms with E-state index in [1.165, 1.54) is 10.5 Å². The molecule has 1 aliphatic rings. The summed E-state index contributed by atoms with van der Waals surface area (Å²) in [5, 5.41) is 2.77. The number of rotatable bonds is 7. The van der Waals surface area contributed by atoms with Gasteiger partial charge >= 0.3 is 5.97 Å². The monoisotopic (exact) mass is 448 g/mol. The third kappa shape index (κ3) is 5.31. The van der Waals surface area contributed by atoms with Crippen LogP contribution in [0.25, 0.3) is 0 Å². The lowest BCUT2D eigenvalue weighted by Crippen LogP contribution is -2.41. The van der Waals surface area contributed by atoms with Crippen molar-refractivity contribution in [3.05, 3.63) is 41.9 Å². The molecule has 1 fully saturated rings. The summed E-state index contributed by atoms with van der Waals surface area (Å²) in [4.78, 5) is 28.6. The van der Waals surface area contributed by atoms with Gasteiger partial charge < -0.3 is 14.6 Å². The van der Waals surface area contributed by atoms with Gasteiger partial charge in [-0.3, -0.25) is 9.59 Å². The van der Waals surface area contributed by atoms with Crippen molar-refractivity contribution < 1.29 is 22.7 Å². The van der Waals surface area contributed by atoms with Gasteiger partial charge in [-0.2, -0.15) is 4.31 Å². The van der Waals surface area contributed by atoms with E-state index >= 15 is 0 Å². The van der Waals surface area contributed by atoms with Crippen molar-refractivity contribution in [2.75, 3.05) is 25.0 Å². The maximum Gasteiger partial charge on any atom is 0.309 e. The third-order valence-electron chi connectivity index (χ3n) is 5.50. The van der Waals surface area contributed by atoms with Crippen LogP contribution >= 0.6 is 0 Å². The van der Waals surface area contributed by atoms with Crippen LogP contribution in [0.2, 0.25) is 0 Å². The standard InChI is InChI=1S/C21H28N4O5S/c1-4-16-7-5-6-8-18(16)23-19(26)14-30-21(27)17-9-11-25(12-10-17)31(28,29)20-13-24(3)15(2)22-20/h5-8,13,17H,4,9-12,14H2,1-3H3,(H,23,26). The van der Waals surface area contributed by atoms with Gasteiger partial charge in [0.25, 0.3) is 15.9 Å². The quantitative estimate of drug-likeness (QED) is 0.648. The minimum Gasteiger partial charge on any atom is -0.455 e. The van der Waals surface area contributed by atoms with Crippen LogP contribution in [0.1, 0.15) is 31.2 Å². The first kappa shape index (κ1) is 23.0. The summed E-state index contributed by atoms with van der Waals surface area (Å²) < 4.78 is 33.7. The molecule has 0 unspecified atom stereocenters. The van der Waals surface area contributed by atoms with E-state index in [2.05, 4.69) is 10.3 Å². The molecule has 1 aromatic carbocycles. The van der Waals surface area contributed by atoms with E-state index in [4.69, 9.17) is 4.74 Å². The Hall–Kier alpha value is -2.72. The lowest BCUT2D eigenvalue weighted by Gasteiger charge is -2.29. The Labute approximate surface area is 182 Å². The number of piperidine rings is 1. The second-order valence-electron chi connectivity index (χ2n) is 7.58. The maximum absolute atomic E-state index is 12.8. The molecule has 1 saturated heterocycles. The fourth-order valence-electron chi connectivity index (χ4n) is 3.51. The van der Waals surface area contributed by atoms with Gasteiger partial charge in [0.05, 0.1) is 5.92 Å². The number of carbonyl (C=O) groups excluding carboxylic acids is 2. The molecule has 0 spiro atoms. The number of benzene rings is 1. The number of hydrogen-bond donors (Lipinski definition) is 1. The number of imidazole rings is 1. The summed E-state index contributed by atoms with van der Waals surface area (Å²) in [7, 11) is -1.96. The molecular formula is C21H28N4O5S. The summed E-state index contributed by atoms with van der Waals surface area (Å²) in [6.45, 7) is 3.76. The number of hydrogen-bond acceptors (Lipinski definition) is 6. The van der Waals surface area contributed by atoms with E-state index in [9.17, 15) is 18.0 Å². The Balaban J connectivity index is 1.49. The fourth-order valence-corrected chi connectivity index (χ4v) is 5.00. The van der Waals surface area contributed by atoms with Crippen molar-refractivity contribution in [3.63, 3.8) is 0 Å². The van der Waals surface area contributed by atoms with Crippen LogP contribution in [0, 0.1) is 12.8 Å². The molecule has 0 saturated carbocycles. The van der Waals surface area contributed by atoms with Crippen LogP contribution in [-0.2, 0) is 37.8 Å². The predicted molar refractivity (Wildman–Crippen MR) is 115 cm³/mol. The zero-order valence-electron chi connectivity index (χ0n) is 18.0. The first-order valence-corrected chi connectivity index (χ1v) is 11.7. The van der Waals surface area contributed by atoms with Crippen molar-refractivity contribution >= 4 is 27.6 Å². The van der Waals surface area contributed by atoms with E-state index in [1.54, 1.807) is 24.6 Å². The van der Waals surface area contributed by atoms with E-state index in [-0.39, 0.29) is 24.7 Å². The van der Waals surface area contributed by atoms with Gasteiger partial charge in [-0.25, -0.2) is 13.4 Å². The minimum atomic E-state index is -3.69. The van der Waals surface area contributed by atoms with Gasteiger partial charge in [0.1, 0.15) is 5.82 Å². The van der Waals surface area contributed by atoms with E-state index in [1.807, 2.05) is 25.1 Å². The Kier molecular flexibility index (Phi) is 7.11. The molecule has 2 heterocycles. The number of aryl methyl sites for hydroxylation is 3. The van der Waals surface area contributed by atoms with Crippen molar-refractivity contribution in [3.8, 4) is 0 Å². The molecule has 0 atom stereocenters. The summed E-state index contributed by atoms with van der Waals surface area (Å²) in [6, 6.07) is 7.46. The van der Waals surface area contributed by atoms with Gasteiger partial charge in [0.15, 0.2) is 11.6 Å². The van der Waals surface area contributed by atoms with Crippen LogP contribution in [0.3, 0.4) is 0 Å². The van der Waals surface area contributed by atoms with Gasteiger partial charge in [-0.1, -0.05) is 25.1 Å². The molecule has 168 valence electrons. The highest BCUT2D eigenvalue weighted by Crippen LogP contribution is 2.24. The highest BCUT2D eigenvalue weighted by Gasteiger charge is 2.34. The highest BCUT2D eigenvalue weighted by atomic mass is 32.2. The third-order valence-corrected chi connectivity index (χ3v) is 7.27. The van der Waals surface area contributed by atoms with Crippen LogP contribution in [0.5, 0.6) is 0 Å². The van der Waals surface area contributed by atoms with Crippen LogP contribution in [0.4, 0.5) is 5.69 Å². The minimum absolute atomic E-state index is 0.0116. The van der Waals surface area contributed by atoms with Gasteiger partial charge in [-0.05, 0) is 37.8 Å². The number of aromatic nitrogens is 2. The molecule has 0 radical (unpaired) electrons. The molecule has 3 rings (SSSR count). The molecule has 2 aromatic rings. The average Bonchev–Trinajstić information content (AvgIpc) is 3.11. The number of ether oxygens (including phenoxy) is 1.